The number of aromatic nitrogens is 2. The highest BCUT2D eigenvalue weighted by molar-refractivity contribution is 7.80. The van der Waals surface area contributed by atoms with Crippen molar-refractivity contribution in [3.63, 3.8) is 0 Å². The number of nitrogens with zero attached hydrogens (tertiary/aromatic N) is 3. The fraction of sp³-hybridized carbons (Fsp3) is 0.667. The maximum Gasteiger partial charge on any atom is 0.137 e. The van der Waals surface area contributed by atoms with Crippen molar-refractivity contribution >= 4 is 23.0 Å². The second-order valence-electron chi connectivity index (χ2n) is 4.93. The third kappa shape index (κ3) is 2.72. The molecule has 2 rings (SSSR count). The van der Waals surface area contributed by atoms with E-state index in [1.54, 1.807) is 4.68 Å². The molecule has 1 aromatic rings. The van der Waals surface area contributed by atoms with Crippen LogP contribution in [0.4, 0.5) is 5.82 Å². The molecule has 7 heteroatoms. The van der Waals surface area contributed by atoms with Crippen molar-refractivity contribution in [1.82, 2.24) is 9.78 Å². The van der Waals surface area contributed by atoms with E-state index >= 15 is 0 Å². The van der Waals surface area contributed by atoms with E-state index < -0.39 is 0 Å². The summed E-state index contributed by atoms with van der Waals surface area (Å²) in [5, 5.41) is 13.7. The van der Waals surface area contributed by atoms with Crippen LogP contribution in [0.1, 0.15) is 18.2 Å². The Hall–Kier alpha value is -1.18. The van der Waals surface area contributed by atoms with Gasteiger partial charge in [0.25, 0.3) is 0 Å². The number of aliphatic hydroxyl groups is 1. The molecule has 0 spiro atoms. The van der Waals surface area contributed by atoms with Gasteiger partial charge in [0.05, 0.1) is 30.1 Å². The van der Waals surface area contributed by atoms with Crippen LogP contribution in [0.5, 0.6) is 0 Å². The largest absolute Gasteiger partial charge is 0.394 e. The van der Waals surface area contributed by atoms with Gasteiger partial charge in [-0.2, -0.15) is 5.10 Å². The molecule has 0 amide bonds. The van der Waals surface area contributed by atoms with Gasteiger partial charge in [0.2, 0.25) is 0 Å². The zero-order valence-corrected chi connectivity index (χ0v) is 12.3. The molecule has 0 aromatic carbocycles. The predicted octanol–water partition coefficient (Wildman–Crippen LogP) is -0.0513. The van der Waals surface area contributed by atoms with Crippen LogP contribution >= 0.6 is 12.2 Å². The summed E-state index contributed by atoms with van der Waals surface area (Å²) in [5.74, 6) is 0.901. The minimum absolute atomic E-state index is 0.0000777. The van der Waals surface area contributed by atoms with E-state index in [1.165, 1.54) is 0 Å². The Bertz CT molecular complexity index is 488. The molecule has 0 bridgehead atoms. The van der Waals surface area contributed by atoms with Gasteiger partial charge in [0.15, 0.2) is 0 Å². The van der Waals surface area contributed by atoms with Gasteiger partial charge in [-0.25, -0.2) is 0 Å². The Labute approximate surface area is 118 Å². The van der Waals surface area contributed by atoms with E-state index in [0.29, 0.717) is 11.5 Å². The molecule has 2 unspecified atom stereocenters. The molecule has 1 aromatic heterocycles. The SMILES string of the molecule is Cc1nn(C)c(N2CC(C)OC(CO)C2)c1C(N)=S. The molecule has 0 saturated carbocycles. The van der Waals surface area contributed by atoms with Gasteiger partial charge in [0.1, 0.15) is 10.8 Å². The first-order valence-electron chi connectivity index (χ1n) is 6.28. The van der Waals surface area contributed by atoms with Gasteiger partial charge in [-0.05, 0) is 13.8 Å². The summed E-state index contributed by atoms with van der Waals surface area (Å²) < 4.78 is 7.44. The number of thiocarbonyl (C=S) groups is 1. The molecular weight excluding hydrogens is 264 g/mol. The average Bonchev–Trinajstić information content (AvgIpc) is 2.63. The Morgan fingerprint density at radius 1 is 1.58 bits per heavy atom. The molecule has 1 fully saturated rings. The summed E-state index contributed by atoms with van der Waals surface area (Å²) >= 11 is 5.12. The number of anilines is 1. The Kier molecular flexibility index (Phi) is 4.07. The Morgan fingerprint density at radius 2 is 2.26 bits per heavy atom. The predicted molar refractivity (Wildman–Crippen MR) is 77.5 cm³/mol. The second-order valence-corrected chi connectivity index (χ2v) is 5.37. The highest BCUT2D eigenvalue weighted by atomic mass is 32.1. The average molecular weight is 284 g/mol. The standard InChI is InChI=1S/C12H20N4O2S/c1-7-4-16(5-9(6-17)18-7)12-10(11(13)19)8(2)14-15(12)3/h7,9,17H,4-6H2,1-3H3,(H2,13,19). The molecule has 2 atom stereocenters. The van der Waals surface area contributed by atoms with Crippen LogP contribution in [0.2, 0.25) is 0 Å². The molecular formula is C12H20N4O2S. The lowest BCUT2D eigenvalue weighted by molar-refractivity contribution is -0.0424. The zero-order chi connectivity index (χ0) is 14.2. The van der Waals surface area contributed by atoms with Crippen LogP contribution in [0.3, 0.4) is 0 Å². The topological polar surface area (TPSA) is 76.5 Å². The molecule has 6 nitrogen and oxygen atoms in total. The van der Waals surface area contributed by atoms with Crippen LogP contribution < -0.4 is 10.6 Å². The molecule has 2 heterocycles. The summed E-state index contributed by atoms with van der Waals surface area (Å²) in [5.41, 5.74) is 7.44. The fourth-order valence-corrected chi connectivity index (χ4v) is 2.86. The Morgan fingerprint density at radius 3 is 2.84 bits per heavy atom. The lowest BCUT2D eigenvalue weighted by Crippen LogP contribution is -2.49. The van der Waals surface area contributed by atoms with E-state index in [1.807, 2.05) is 20.9 Å². The number of rotatable bonds is 3. The quantitative estimate of drug-likeness (QED) is 0.758. The van der Waals surface area contributed by atoms with Crippen molar-refractivity contribution in [2.24, 2.45) is 12.8 Å². The summed E-state index contributed by atoms with van der Waals surface area (Å²) in [6.45, 7) is 5.21. The summed E-state index contributed by atoms with van der Waals surface area (Å²) in [6, 6.07) is 0. The highest BCUT2D eigenvalue weighted by Crippen LogP contribution is 2.26. The van der Waals surface area contributed by atoms with E-state index in [4.69, 9.17) is 22.7 Å². The van der Waals surface area contributed by atoms with Crippen molar-refractivity contribution in [2.75, 3.05) is 24.6 Å². The third-order valence-corrected chi connectivity index (χ3v) is 3.47. The first-order valence-corrected chi connectivity index (χ1v) is 6.69. The van der Waals surface area contributed by atoms with Crippen molar-refractivity contribution in [1.29, 1.82) is 0 Å². The number of morpholine rings is 1. The van der Waals surface area contributed by atoms with Crippen LogP contribution in [0, 0.1) is 6.92 Å². The monoisotopic (exact) mass is 284 g/mol. The number of aryl methyl sites for hydroxylation is 2. The summed E-state index contributed by atoms with van der Waals surface area (Å²) in [6.07, 6.45) is -0.154. The fourth-order valence-electron chi connectivity index (χ4n) is 2.62. The molecule has 1 saturated heterocycles. The van der Waals surface area contributed by atoms with Crippen LogP contribution in [0.15, 0.2) is 0 Å². The van der Waals surface area contributed by atoms with E-state index in [2.05, 4.69) is 10.00 Å². The first-order chi connectivity index (χ1) is 8.93. The lowest BCUT2D eigenvalue weighted by atomic mass is 10.1. The number of ether oxygens (including phenoxy) is 1. The van der Waals surface area contributed by atoms with Gasteiger partial charge < -0.3 is 20.5 Å². The van der Waals surface area contributed by atoms with Crippen molar-refractivity contribution in [3.8, 4) is 0 Å². The van der Waals surface area contributed by atoms with Gasteiger partial charge >= 0.3 is 0 Å². The van der Waals surface area contributed by atoms with Gasteiger partial charge in [-0.3, -0.25) is 4.68 Å². The van der Waals surface area contributed by atoms with E-state index in [9.17, 15) is 5.11 Å². The molecule has 1 aliphatic heterocycles. The molecule has 0 radical (unpaired) electrons. The van der Waals surface area contributed by atoms with Crippen molar-refractivity contribution in [3.05, 3.63) is 11.3 Å². The summed E-state index contributed by atoms with van der Waals surface area (Å²) in [7, 11) is 1.87. The first kappa shape index (κ1) is 14.2. The van der Waals surface area contributed by atoms with Gasteiger partial charge in [-0.1, -0.05) is 12.2 Å². The van der Waals surface area contributed by atoms with Crippen molar-refractivity contribution < 1.29 is 9.84 Å². The van der Waals surface area contributed by atoms with Gasteiger partial charge in [-0.15, -0.1) is 0 Å². The highest BCUT2D eigenvalue weighted by Gasteiger charge is 2.29. The minimum Gasteiger partial charge on any atom is -0.394 e. The maximum atomic E-state index is 9.30. The van der Waals surface area contributed by atoms with E-state index in [0.717, 1.165) is 23.6 Å². The van der Waals surface area contributed by atoms with Crippen LogP contribution in [-0.2, 0) is 11.8 Å². The summed E-state index contributed by atoms with van der Waals surface area (Å²) in [4.78, 5) is 2.48. The molecule has 106 valence electrons. The van der Waals surface area contributed by atoms with Gasteiger partial charge in [0, 0.05) is 20.1 Å². The number of aliphatic hydroxyl groups excluding tert-OH is 1. The molecule has 0 aliphatic carbocycles. The molecule has 1 aliphatic rings. The normalized spacial score (nSPS) is 23.7. The third-order valence-electron chi connectivity index (χ3n) is 3.27. The Balaban J connectivity index is 2.38. The maximum absolute atomic E-state index is 9.30. The smallest absolute Gasteiger partial charge is 0.137 e. The minimum atomic E-state index is -0.196. The second kappa shape index (κ2) is 5.44. The number of hydrogen-bond donors (Lipinski definition) is 2. The molecule has 19 heavy (non-hydrogen) atoms. The number of hydrogen-bond acceptors (Lipinski definition) is 5. The number of nitrogens with two attached hydrogens (primary N) is 1. The van der Waals surface area contributed by atoms with Crippen LogP contribution in [0.25, 0.3) is 0 Å². The lowest BCUT2D eigenvalue weighted by Gasteiger charge is -2.37. The zero-order valence-electron chi connectivity index (χ0n) is 11.5. The van der Waals surface area contributed by atoms with Crippen molar-refractivity contribution in [2.45, 2.75) is 26.1 Å². The van der Waals surface area contributed by atoms with Crippen LogP contribution in [-0.4, -0.2) is 51.8 Å². The molecule has 3 N–H and O–H groups in total. The van der Waals surface area contributed by atoms with E-state index in [-0.39, 0.29) is 18.8 Å².